The lowest BCUT2D eigenvalue weighted by atomic mass is 9.85. The van der Waals surface area contributed by atoms with E-state index >= 15 is 0 Å². The molecule has 18 heavy (non-hydrogen) atoms. The zero-order valence-electron chi connectivity index (χ0n) is 12.3. The quantitative estimate of drug-likeness (QED) is 0.845. The Bertz CT molecular complexity index is 294. The summed E-state index contributed by atoms with van der Waals surface area (Å²) in [5.74, 6) is 0.442. The number of hydrogen-bond donors (Lipinski definition) is 1. The van der Waals surface area contributed by atoms with Gasteiger partial charge in [0, 0.05) is 18.7 Å². The van der Waals surface area contributed by atoms with E-state index in [1.165, 1.54) is 0 Å². The molecule has 1 fully saturated rings. The molecular weight excluding hydrogens is 230 g/mol. The summed E-state index contributed by atoms with van der Waals surface area (Å²) in [5, 5.41) is 8.92. The molecule has 0 aromatic heterocycles. The summed E-state index contributed by atoms with van der Waals surface area (Å²) in [6.45, 7) is 10.8. The van der Waals surface area contributed by atoms with Gasteiger partial charge in [0.1, 0.15) is 5.60 Å². The Morgan fingerprint density at radius 2 is 2.06 bits per heavy atom. The second-order valence-corrected chi connectivity index (χ2v) is 6.64. The third-order valence-corrected chi connectivity index (χ3v) is 3.72. The Labute approximate surface area is 110 Å². The fourth-order valence-corrected chi connectivity index (χ4v) is 2.63. The van der Waals surface area contributed by atoms with Gasteiger partial charge in [-0.15, -0.1) is 0 Å². The zero-order chi connectivity index (χ0) is 14.0. The Morgan fingerprint density at radius 1 is 1.44 bits per heavy atom. The van der Waals surface area contributed by atoms with Crippen LogP contribution in [0, 0.1) is 5.92 Å². The number of hydrogen-bond acceptors (Lipinski definition) is 3. The van der Waals surface area contributed by atoms with Crippen molar-refractivity contribution in [3.8, 4) is 0 Å². The lowest BCUT2D eigenvalue weighted by Crippen LogP contribution is -2.48. The van der Waals surface area contributed by atoms with Gasteiger partial charge in [0.05, 0.1) is 0 Å². The van der Waals surface area contributed by atoms with Crippen LogP contribution in [0.2, 0.25) is 0 Å². The molecule has 1 aliphatic heterocycles. The maximum atomic E-state index is 12.2. The molecule has 1 amide bonds. The van der Waals surface area contributed by atoms with Gasteiger partial charge in [-0.25, -0.2) is 4.79 Å². The Kier molecular flexibility index (Phi) is 4.65. The number of likely N-dealkylation sites (tertiary alicyclic amines) is 1. The number of ether oxygens (including phenoxy) is 1. The number of carbonyl (C=O) groups is 1. The lowest BCUT2D eigenvalue weighted by Gasteiger charge is -2.37. The standard InChI is InChI=1S/C14H27NO3/c1-13(2,3)18-12(17)15-9-8-11(7-6-10-16)14(15,4)5/h11,16H,6-10H2,1-5H3. The van der Waals surface area contributed by atoms with E-state index in [0.29, 0.717) is 5.92 Å². The van der Waals surface area contributed by atoms with E-state index in [1.807, 2.05) is 25.7 Å². The van der Waals surface area contributed by atoms with E-state index < -0.39 is 5.60 Å². The molecule has 4 nitrogen and oxygen atoms in total. The maximum absolute atomic E-state index is 12.2. The first-order valence-electron chi connectivity index (χ1n) is 6.80. The van der Waals surface area contributed by atoms with Crippen molar-refractivity contribution in [2.45, 2.75) is 65.0 Å². The Morgan fingerprint density at radius 3 is 2.56 bits per heavy atom. The van der Waals surface area contributed by atoms with Gasteiger partial charge in [0.25, 0.3) is 0 Å². The van der Waals surface area contributed by atoms with E-state index in [0.717, 1.165) is 25.8 Å². The average Bonchev–Trinajstić information content (AvgIpc) is 2.48. The molecule has 0 spiro atoms. The predicted octanol–water partition coefficient (Wildman–Crippen LogP) is 2.79. The molecule has 0 radical (unpaired) electrons. The first kappa shape index (κ1) is 15.3. The highest BCUT2D eigenvalue weighted by molar-refractivity contribution is 5.69. The molecule has 0 aromatic rings. The van der Waals surface area contributed by atoms with Crippen molar-refractivity contribution in [2.75, 3.05) is 13.2 Å². The van der Waals surface area contributed by atoms with Crippen molar-refractivity contribution in [1.29, 1.82) is 0 Å². The summed E-state index contributed by atoms with van der Waals surface area (Å²) < 4.78 is 5.45. The number of amides is 1. The van der Waals surface area contributed by atoms with E-state index in [-0.39, 0.29) is 18.2 Å². The zero-order valence-corrected chi connectivity index (χ0v) is 12.3. The number of carbonyl (C=O) groups excluding carboxylic acids is 1. The summed E-state index contributed by atoms with van der Waals surface area (Å²) in [6.07, 6.45) is 2.53. The molecule has 1 heterocycles. The van der Waals surface area contributed by atoms with Gasteiger partial charge in [0.2, 0.25) is 0 Å². The number of nitrogens with zero attached hydrogens (tertiary/aromatic N) is 1. The highest BCUT2D eigenvalue weighted by Crippen LogP contribution is 2.38. The van der Waals surface area contributed by atoms with Gasteiger partial charge in [-0.05, 0) is 59.8 Å². The van der Waals surface area contributed by atoms with E-state index in [2.05, 4.69) is 13.8 Å². The summed E-state index contributed by atoms with van der Waals surface area (Å²) in [7, 11) is 0. The summed E-state index contributed by atoms with van der Waals surface area (Å²) in [4.78, 5) is 14.0. The molecule has 4 heteroatoms. The van der Waals surface area contributed by atoms with E-state index in [9.17, 15) is 4.79 Å². The third-order valence-electron chi connectivity index (χ3n) is 3.72. The molecule has 1 atom stereocenters. The van der Waals surface area contributed by atoms with Crippen LogP contribution in [-0.4, -0.2) is 40.4 Å². The Hall–Kier alpha value is -0.770. The summed E-state index contributed by atoms with van der Waals surface area (Å²) in [5.41, 5.74) is -0.631. The van der Waals surface area contributed by atoms with Gasteiger partial charge in [0.15, 0.2) is 0 Å². The van der Waals surface area contributed by atoms with Gasteiger partial charge < -0.3 is 14.7 Å². The topological polar surface area (TPSA) is 49.8 Å². The SMILES string of the molecule is CC(C)(C)OC(=O)N1CCC(CCCO)C1(C)C. The molecule has 106 valence electrons. The van der Waals surface area contributed by atoms with Crippen molar-refractivity contribution < 1.29 is 14.6 Å². The average molecular weight is 257 g/mol. The second kappa shape index (κ2) is 5.47. The molecule has 1 saturated heterocycles. The van der Waals surface area contributed by atoms with Gasteiger partial charge >= 0.3 is 6.09 Å². The molecule has 1 rings (SSSR count). The van der Waals surface area contributed by atoms with Crippen molar-refractivity contribution in [3.05, 3.63) is 0 Å². The first-order chi connectivity index (χ1) is 8.18. The van der Waals surface area contributed by atoms with Crippen molar-refractivity contribution in [2.24, 2.45) is 5.92 Å². The molecule has 1 N–H and O–H groups in total. The molecule has 0 bridgehead atoms. The second-order valence-electron chi connectivity index (χ2n) is 6.64. The van der Waals surface area contributed by atoms with Crippen LogP contribution < -0.4 is 0 Å². The molecule has 1 aliphatic rings. The van der Waals surface area contributed by atoms with Crippen LogP contribution in [-0.2, 0) is 4.74 Å². The highest BCUT2D eigenvalue weighted by atomic mass is 16.6. The fraction of sp³-hybridized carbons (Fsp3) is 0.929. The fourth-order valence-electron chi connectivity index (χ4n) is 2.63. The predicted molar refractivity (Wildman–Crippen MR) is 71.4 cm³/mol. The highest BCUT2D eigenvalue weighted by Gasteiger charge is 2.44. The van der Waals surface area contributed by atoms with Crippen LogP contribution >= 0.6 is 0 Å². The molecule has 1 unspecified atom stereocenters. The molecular formula is C14H27NO3. The maximum Gasteiger partial charge on any atom is 0.410 e. The van der Waals surface area contributed by atoms with Crippen LogP contribution in [0.15, 0.2) is 0 Å². The molecule has 0 saturated carbocycles. The monoisotopic (exact) mass is 257 g/mol. The number of aliphatic hydroxyl groups is 1. The van der Waals surface area contributed by atoms with Crippen LogP contribution in [0.25, 0.3) is 0 Å². The lowest BCUT2D eigenvalue weighted by molar-refractivity contribution is 0.00837. The van der Waals surface area contributed by atoms with E-state index in [4.69, 9.17) is 9.84 Å². The third kappa shape index (κ3) is 3.61. The number of aliphatic hydroxyl groups excluding tert-OH is 1. The van der Waals surface area contributed by atoms with Crippen LogP contribution in [0.3, 0.4) is 0 Å². The van der Waals surface area contributed by atoms with Gasteiger partial charge in [-0.3, -0.25) is 0 Å². The normalized spacial score (nSPS) is 23.2. The smallest absolute Gasteiger partial charge is 0.410 e. The van der Waals surface area contributed by atoms with Crippen molar-refractivity contribution >= 4 is 6.09 Å². The number of rotatable bonds is 3. The van der Waals surface area contributed by atoms with E-state index in [1.54, 1.807) is 0 Å². The summed E-state index contributed by atoms with van der Waals surface area (Å²) in [6, 6.07) is 0. The van der Waals surface area contributed by atoms with Crippen molar-refractivity contribution in [3.63, 3.8) is 0 Å². The van der Waals surface area contributed by atoms with Crippen LogP contribution in [0.1, 0.15) is 53.9 Å². The van der Waals surface area contributed by atoms with Crippen LogP contribution in [0.5, 0.6) is 0 Å². The molecule has 0 aliphatic carbocycles. The van der Waals surface area contributed by atoms with Gasteiger partial charge in [-0.1, -0.05) is 0 Å². The Balaban J connectivity index is 2.66. The minimum Gasteiger partial charge on any atom is -0.444 e. The largest absolute Gasteiger partial charge is 0.444 e. The van der Waals surface area contributed by atoms with Crippen LogP contribution in [0.4, 0.5) is 4.79 Å². The van der Waals surface area contributed by atoms with Gasteiger partial charge in [-0.2, -0.15) is 0 Å². The molecule has 0 aromatic carbocycles. The summed E-state index contributed by atoms with van der Waals surface area (Å²) >= 11 is 0. The minimum atomic E-state index is -0.448. The first-order valence-corrected chi connectivity index (χ1v) is 6.80. The van der Waals surface area contributed by atoms with Crippen molar-refractivity contribution in [1.82, 2.24) is 4.90 Å². The minimum absolute atomic E-state index is 0.183.